The molecule has 1 aliphatic heterocycles. The van der Waals surface area contributed by atoms with Crippen molar-refractivity contribution in [2.45, 2.75) is 38.1 Å². The van der Waals surface area contributed by atoms with E-state index in [9.17, 15) is 4.39 Å². The average Bonchev–Trinajstić information content (AvgIpc) is 2.52. The van der Waals surface area contributed by atoms with Gasteiger partial charge in [0.05, 0.1) is 4.47 Å². The lowest BCUT2D eigenvalue weighted by molar-refractivity contribution is 0.507. The molecule has 0 radical (unpaired) electrons. The van der Waals surface area contributed by atoms with E-state index >= 15 is 0 Å². The summed E-state index contributed by atoms with van der Waals surface area (Å²) in [6.45, 7) is 1.12. The highest BCUT2D eigenvalue weighted by Crippen LogP contribution is 2.19. The summed E-state index contributed by atoms with van der Waals surface area (Å²) < 4.78 is 13.6. The van der Waals surface area contributed by atoms with E-state index in [0.29, 0.717) is 10.5 Å². The fraction of sp³-hybridized carbons (Fsp3) is 0.538. The van der Waals surface area contributed by atoms with Gasteiger partial charge in [0.1, 0.15) is 5.82 Å². The van der Waals surface area contributed by atoms with Gasteiger partial charge in [-0.25, -0.2) is 4.39 Å². The van der Waals surface area contributed by atoms with Crippen LogP contribution in [0.1, 0.15) is 31.2 Å². The molecular formula is C13H17BrFN. The molecule has 0 bridgehead atoms. The molecule has 0 aromatic heterocycles. The first kappa shape index (κ1) is 12.1. The number of hydrogen-bond acceptors (Lipinski definition) is 1. The minimum Gasteiger partial charge on any atom is -0.314 e. The normalized spacial score (nSPS) is 21.8. The molecule has 1 fully saturated rings. The first-order valence-corrected chi connectivity index (χ1v) is 6.72. The minimum atomic E-state index is -0.183. The van der Waals surface area contributed by atoms with Gasteiger partial charge in [-0.2, -0.15) is 0 Å². The van der Waals surface area contributed by atoms with E-state index in [4.69, 9.17) is 0 Å². The van der Waals surface area contributed by atoms with Gasteiger partial charge >= 0.3 is 0 Å². The lowest BCUT2D eigenvalue weighted by atomic mass is 10.0. The maximum atomic E-state index is 13.1. The Bertz CT molecular complexity index is 346. The second kappa shape index (κ2) is 5.78. The molecule has 0 saturated carbocycles. The molecule has 1 aliphatic rings. The molecule has 88 valence electrons. The van der Waals surface area contributed by atoms with E-state index in [1.54, 1.807) is 0 Å². The van der Waals surface area contributed by atoms with Crippen LogP contribution in [0.15, 0.2) is 22.7 Å². The predicted octanol–water partition coefficient (Wildman–Crippen LogP) is 3.66. The Hall–Kier alpha value is -0.410. The first-order chi connectivity index (χ1) is 7.75. The molecule has 1 heterocycles. The smallest absolute Gasteiger partial charge is 0.137 e. The average molecular weight is 286 g/mol. The molecular weight excluding hydrogens is 269 g/mol. The molecule has 0 amide bonds. The highest BCUT2D eigenvalue weighted by atomic mass is 79.9. The molecule has 0 aliphatic carbocycles. The molecule has 1 nitrogen and oxygen atoms in total. The maximum Gasteiger partial charge on any atom is 0.137 e. The molecule has 1 aromatic rings. The second-order valence-corrected chi connectivity index (χ2v) is 5.31. The summed E-state index contributed by atoms with van der Waals surface area (Å²) in [5, 5.41) is 3.56. The number of halogens is 2. The van der Waals surface area contributed by atoms with Gasteiger partial charge in [-0.1, -0.05) is 18.9 Å². The highest BCUT2D eigenvalue weighted by Gasteiger charge is 2.12. The molecule has 1 unspecified atom stereocenters. The van der Waals surface area contributed by atoms with Gasteiger partial charge in [0.15, 0.2) is 0 Å². The Labute approximate surface area is 105 Å². The number of hydrogen-bond donors (Lipinski definition) is 1. The fourth-order valence-electron chi connectivity index (χ4n) is 2.23. The van der Waals surface area contributed by atoms with Gasteiger partial charge in [0, 0.05) is 6.04 Å². The predicted molar refractivity (Wildman–Crippen MR) is 68.1 cm³/mol. The number of benzene rings is 1. The molecule has 2 rings (SSSR count). The summed E-state index contributed by atoms with van der Waals surface area (Å²) >= 11 is 3.23. The third-order valence-electron chi connectivity index (χ3n) is 3.13. The van der Waals surface area contributed by atoms with Gasteiger partial charge in [0.2, 0.25) is 0 Å². The molecule has 16 heavy (non-hydrogen) atoms. The monoisotopic (exact) mass is 285 g/mol. The van der Waals surface area contributed by atoms with Crippen LogP contribution in [0, 0.1) is 5.82 Å². The maximum absolute atomic E-state index is 13.1. The van der Waals surface area contributed by atoms with E-state index in [0.717, 1.165) is 13.0 Å². The first-order valence-electron chi connectivity index (χ1n) is 5.93. The van der Waals surface area contributed by atoms with Crippen molar-refractivity contribution in [3.8, 4) is 0 Å². The van der Waals surface area contributed by atoms with Crippen molar-refractivity contribution < 1.29 is 4.39 Å². The van der Waals surface area contributed by atoms with Crippen molar-refractivity contribution in [2.75, 3.05) is 6.54 Å². The van der Waals surface area contributed by atoms with Crippen LogP contribution < -0.4 is 5.32 Å². The van der Waals surface area contributed by atoms with Gasteiger partial charge in [-0.05, 0) is 59.4 Å². The molecule has 3 heteroatoms. The van der Waals surface area contributed by atoms with Crippen LogP contribution in [0.25, 0.3) is 0 Å². The van der Waals surface area contributed by atoms with Crippen LogP contribution in [0.5, 0.6) is 0 Å². The van der Waals surface area contributed by atoms with Gasteiger partial charge in [-0.15, -0.1) is 0 Å². The number of rotatable bonds is 2. The van der Waals surface area contributed by atoms with Crippen molar-refractivity contribution in [3.05, 3.63) is 34.1 Å². The SMILES string of the molecule is Fc1ccc(CC2CCCCCN2)cc1Br. The van der Waals surface area contributed by atoms with Crippen LogP contribution in [0.4, 0.5) is 4.39 Å². The minimum absolute atomic E-state index is 0.183. The van der Waals surface area contributed by atoms with Crippen molar-refractivity contribution in [1.82, 2.24) is 5.32 Å². The van der Waals surface area contributed by atoms with Crippen LogP contribution in [0.3, 0.4) is 0 Å². The highest BCUT2D eigenvalue weighted by molar-refractivity contribution is 9.10. The Morgan fingerprint density at radius 1 is 1.31 bits per heavy atom. The molecule has 0 spiro atoms. The van der Waals surface area contributed by atoms with E-state index in [2.05, 4.69) is 21.2 Å². The molecule has 1 atom stereocenters. The Morgan fingerprint density at radius 2 is 2.19 bits per heavy atom. The Balaban J connectivity index is 1.99. The zero-order chi connectivity index (χ0) is 11.4. The molecule has 1 aromatic carbocycles. The van der Waals surface area contributed by atoms with Crippen LogP contribution >= 0.6 is 15.9 Å². The van der Waals surface area contributed by atoms with E-state index < -0.39 is 0 Å². The van der Waals surface area contributed by atoms with Crippen LogP contribution in [-0.4, -0.2) is 12.6 Å². The second-order valence-electron chi connectivity index (χ2n) is 4.45. The Kier molecular flexibility index (Phi) is 4.36. The van der Waals surface area contributed by atoms with E-state index in [1.165, 1.54) is 37.3 Å². The summed E-state index contributed by atoms with van der Waals surface area (Å²) in [6.07, 6.45) is 6.15. The fourth-order valence-corrected chi connectivity index (χ4v) is 2.65. The Morgan fingerprint density at radius 3 is 3.00 bits per heavy atom. The molecule has 1 N–H and O–H groups in total. The lowest BCUT2D eigenvalue weighted by Gasteiger charge is -2.15. The van der Waals surface area contributed by atoms with Crippen molar-refractivity contribution in [1.29, 1.82) is 0 Å². The largest absolute Gasteiger partial charge is 0.314 e. The van der Waals surface area contributed by atoms with Gasteiger partial charge in [0.25, 0.3) is 0 Å². The summed E-state index contributed by atoms with van der Waals surface area (Å²) in [4.78, 5) is 0. The van der Waals surface area contributed by atoms with Crippen LogP contribution in [-0.2, 0) is 6.42 Å². The summed E-state index contributed by atoms with van der Waals surface area (Å²) in [6, 6.07) is 5.87. The van der Waals surface area contributed by atoms with Crippen molar-refractivity contribution in [2.24, 2.45) is 0 Å². The topological polar surface area (TPSA) is 12.0 Å². The summed E-state index contributed by atoms with van der Waals surface area (Å²) in [7, 11) is 0. The molecule has 1 saturated heterocycles. The van der Waals surface area contributed by atoms with E-state index in [1.807, 2.05) is 12.1 Å². The van der Waals surface area contributed by atoms with Crippen LogP contribution in [0.2, 0.25) is 0 Å². The van der Waals surface area contributed by atoms with Crippen molar-refractivity contribution in [3.63, 3.8) is 0 Å². The third kappa shape index (κ3) is 3.29. The zero-order valence-corrected chi connectivity index (χ0v) is 10.9. The standard InChI is InChI=1S/C13H17BrFN/c14-12-9-10(5-6-13(12)15)8-11-4-2-1-3-7-16-11/h5-6,9,11,16H,1-4,7-8H2. The zero-order valence-electron chi connectivity index (χ0n) is 9.31. The summed E-state index contributed by atoms with van der Waals surface area (Å²) in [5.74, 6) is -0.183. The third-order valence-corrected chi connectivity index (χ3v) is 3.74. The summed E-state index contributed by atoms with van der Waals surface area (Å²) in [5.41, 5.74) is 1.20. The van der Waals surface area contributed by atoms with Gasteiger partial charge < -0.3 is 5.32 Å². The van der Waals surface area contributed by atoms with Gasteiger partial charge in [-0.3, -0.25) is 0 Å². The lowest BCUT2D eigenvalue weighted by Crippen LogP contribution is -2.30. The quantitative estimate of drug-likeness (QED) is 0.874. The number of nitrogens with one attached hydrogen (secondary N) is 1. The van der Waals surface area contributed by atoms with E-state index in [-0.39, 0.29) is 5.82 Å². The van der Waals surface area contributed by atoms with Crippen molar-refractivity contribution >= 4 is 15.9 Å².